The highest BCUT2D eigenvalue weighted by Crippen LogP contribution is 2.30. The van der Waals surface area contributed by atoms with Crippen LogP contribution in [0.25, 0.3) is 10.4 Å². The number of benzene rings is 1. The molecular formula is C14H17NS. The summed E-state index contributed by atoms with van der Waals surface area (Å²) >= 11 is 1.81. The van der Waals surface area contributed by atoms with Crippen LogP contribution in [0, 0.1) is 13.8 Å². The van der Waals surface area contributed by atoms with Crippen molar-refractivity contribution in [3.8, 4) is 10.4 Å². The second kappa shape index (κ2) is 4.81. The molecule has 0 aliphatic heterocycles. The smallest absolute Gasteiger partial charge is 0.0348 e. The molecule has 0 aliphatic rings. The zero-order chi connectivity index (χ0) is 11.5. The van der Waals surface area contributed by atoms with Crippen LogP contribution in [0.2, 0.25) is 0 Å². The van der Waals surface area contributed by atoms with E-state index in [1.807, 2.05) is 11.3 Å². The van der Waals surface area contributed by atoms with Crippen molar-refractivity contribution in [2.45, 2.75) is 20.3 Å². The molecule has 16 heavy (non-hydrogen) atoms. The van der Waals surface area contributed by atoms with E-state index in [1.54, 1.807) is 0 Å². The van der Waals surface area contributed by atoms with Gasteiger partial charge in [0.1, 0.15) is 0 Å². The number of aryl methyl sites for hydroxylation is 2. The van der Waals surface area contributed by atoms with Crippen LogP contribution in [0.4, 0.5) is 0 Å². The first-order chi connectivity index (χ1) is 7.70. The third-order valence-electron chi connectivity index (χ3n) is 2.75. The fraction of sp³-hybridized carbons (Fsp3) is 0.286. The molecule has 1 aromatic carbocycles. The van der Waals surface area contributed by atoms with Gasteiger partial charge >= 0.3 is 0 Å². The summed E-state index contributed by atoms with van der Waals surface area (Å²) < 4.78 is 0. The lowest BCUT2D eigenvalue weighted by Crippen LogP contribution is -2.01. The van der Waals surface area contributed by atoms with Crippen LogP contribution in [0.1, 0.15) is 16.7 Å². The van der Waals surface area contributed by atoms with Crippen LogP contribution in [0.5, 0.6) is 0 Å². The molecule has 0 bridgehead atoms. The highest BCUT2D eigenvalue weighted by atomic mass is 32.1. The zero-order valence-corrected chi connectivity index (χ0v) is 10.6. The molecular weight excluding hydrogens is 214 g/mol. The van der Waals surface area contributed by atoms with Crippen molar-refractivity contribution < 1.29 is 0 Å². The van der Waals surface area contributed by atoms with Crippen LogP contribution in [0.15, 0.2) is 29.6 Å². The van der Waals surface area contributed by atoms with Crippen LogP contribution >= 0.6 is 11.3 Å². The first-order valence-corrected chi connectivity index (χ1v) is 6.44. The standard InChI is InChI=1S/C14H17NS/c1-10-3-4-11(2)13(7-10)14-8-12(5-6-15)9-16-14/h3-4,7-9H,5-6,15H2,1-2H3. The van der Waals surface area contributed by atoms with Crippen molar-refractivity contribution in [2.24, 2.45) is 5.73 Å². The molecule has 84 valence electrons. The van der Waals surface area contributed by atoms with Crippen molar-refractivity contribution in [3.05, 3.63) is 46.3 Å². The summed E-state index contributed by atoms with van der Waals surface area (Å²) in [5.74, 6) is 0. The Hall–Kier alpha value is -1.12. The molecule has 0 saturated carbocycles. The van der Waals surface area contributed by atoms with E-state index in [2.05, 4.69) is 43.5 Å². The van der Waals surface area contributed by atoms with Crippen molar-refractivity contribution in [2.75, 3.05) is 6.54 Å². The van der Waals surface area contributed by atoms with Crippen LogP contribution in [-0.4, -0.2) is 6.54 Å². The Labute approximate surface area is 101 Å². The first-order valence-electron chi connectivity index (χ1n) is 5.56. The van der Waals surface area contributed by atoms with Crippen LogP contribution < -0.4 is 5.73 Å². The Morgan fingerprint density at radius 3 is 2.75 bits per heavy atom. The zero-order valence-electron chi connectivity index (χ0n) is 9.79. The average molecular weight is 231 g/mol. The molecule has 1 heterocycles. The van der Waals surface area contributed by atoms with Crippen LogP contribution in [0.3, 0.4) is 0 Å². The average Bonchev–Trinajstić information content (AvgIpc) is 2.71. The van der Waals surface area contributed by atoms with E-state index >= 15 is 0 Å². The normalized spacial score (nSPS) is 10.7. The third-order valence-corrected chi connectivity index (χ3v) is 3.76. The maximum atomic E-state index is 5.57. The highest BCUT2D eigenvalue weighted by Gasteiger charge is 2.05. The fourth-order valence-corrected chi connectivity index (χ4v) is 2.85. The van der Waals surface area contributed by atoms with Gasteiger partial charge in [0.05, 0.1) is 0 Å². The van der Waals surface area contributed by atoms with E-state index in [4.69, 9.17) is 5.73 Å². The number of nitrogens with two attached hydrogens (primary N) is 1. The van der Waals surface area contributed by atoms with Gasteiger partial charge in [0.2, 0.25) is 0 Å². The molecule has 1 nitrogen and oxygen atoms in total. The first kappa shape index (κ1) is 11.4. The maximum Gasteiger partial charge on any atom is 0.0348 e. The summed E-state index contributed by atoms with van der Waals surface area (Å²) in [6.45, 7) is 5.03. The minimum atomic E-state index is 0.725. The van der Waals surface area contributed by atoms with Gasteiger partial charge in [-0.2, -0.15) is 0 Å². The van der Waals surface area contributed by atoms with Gasteiger partial charge < -0.3 is 5.73 Å². The molecule has 0 aliphatic carbocycles. The second-order valence-corrected chi connectivity index (χ2v) is 5.09. The van der Waals surface area contributed by atoms with Gasteiger partial charge in [-0.1, -0.05) is 23.8 Å². The van der Waals surface area contributed by atoms with Gasteiger partial charge in [0.15, 0.2) is 0 Å². The lowest BCUT2D eigenvalue weighted by molar-refractivity contribution is 0.974. The van der Waals surface area contributed by atoms with E-state index in [9.17, 15) is 0 Å². The summed E-state index contributed by atoms with van der Waals surface area (Å²) in [5.41, 5.74) is 10.9. The summed E-state index contributed by atoms with van der Waals surface area (Å²) in [5, 5.41) is 2.21. The number of rotatable bonds is 3. The Bertz CT molecular complexity index is 485. The molecule has 0 amide bonds. The van der Waals surface area contributed by atoms with Gasteiger partial charge in [-0.25, -0.2) is 0 Å². The topological polar surface area (TPSA) is 26.0 Å². The van der Waals surface area contributed by atoms with E-state index in [1.165, 1.54) is 27.1 Å². The van der Waals surface area contributed by atoms with Crippen molar-refractivity contribution in [1.29, 1.82) is 0 Å². The lowest BCUT2D eigenvalue weighted by Gasteiger charge is -2.04. The molecule has 0 unspecified atom stereocenters. The van der Waals surface area contributed by atoms with Gasteiger partial charge in [0, 0.05) is 4.88 Å². The van der Waals surface area contributed by atoms with Gasteiger partial charge in [-0.3, -0.25) is 0 Å². The molecule has 0 saturated heterocycles. The van der Waals surface area contributed by atoms with Gasteiger partial charge in [0.25, 0.3) is 0 Å². The molecule has 0 atom stereocenters. The Balaban J connectivity index is 2.38. The molecule has 0 fully saturated rings. The molecule has 1 aromatic heterocycles. The maximum absolute atomic E-state index is 5.57. The summed E-state index contributed by atoms with van der Waals surface area (Å²) in [6, 6.07) is 8.87. The van der Waals surface area contributed by atoms with Crippen molar-refractivity contribution >= 4 is 11.3 Å². The third kappa shape index (κ3) is 2.34. The monoisotopic (exact) mass is 231 g/mol. The quantitative estimate of drug-likeness (QED) is 0.859. The van der Waals surface area contributed by atoms with E-state index in [0.717, 1.165) is 13.0 Å². The largest absolute Gasteiger partial charge is 0.330 e. The lowest BCUT2D eigenvalue weighted by atomic mass is 10.0. The fourth-order valence-electron chi connectivity index (χ4n) is 1.82. The second-order valence-electron chi connectivity index (χ2n) is 4.18. The Kier molecular flexibility index (Phi) is 3.42. The van der Waals surface area contributed by atoms with Gasteiger partial charge in [-0.05, 0) is 54.9 Å². The SMILES string of the molecule is Cc1ccc(C)c(-c2cc(CCN)cs2)c1. The Morgan fingerprint density at radius 1 is 1.19 bits per heavy atom. The molecule has 2 N–H and O–H groups in total. The molecule has 2 rings (SSSR count). The molecule has 0 spiro atoms. The van der Waals surface area contributed by atoms with E-state index < -0.39 is 0 Å². The molecule has 2 aromatic rings. The minimum absolute atomic E-state index is 0.725. The molecule has 2 heteroatoms. The minimum Gasteiger partial charge on any atom is -0.330 e. The van der Waals surface area contributed by atoms with Crippen LogP contribution in [-0.2, 0) is 6.42 Å². The van der Waals surface area contributed by atoms with E-state index in [0.29, 0.717) is 0 Å². The predicted octanol–water partition coefficient (Wildman–Crippen LogP) is 3.53. The predicted molar refractivity (Wildman–Crippen MR) is 72.0 cm³/mol. The van der Waals surface area contributed by atoms with Crippen molar-refractivity contribution in [1.82, 2.24) is 0 Å². The van der Waals surface area contributed by atoms with Crippen molar-refractivity contribution in [3.63, 3.8) is 0 Å². The Morgan fingerprint density at radius 2 is 2.00 bits per heavy atom. The summed E-state index contributed by atoms with van der Waals surface area (Å²) in [6.07, 6.45) is 0.974. The number of hydrogen-bond acceptors (Lipinski definition) is 2. The van der Waals surface area contributed by atoms with E-state index in [-0.39, 0.29) is 0 Å². The highest BCUT2D eigenvalue weighted by molar-refractivity contribution is 7.13. The van der Waals surface area contributed by atoms with Gasteiger partial charge in [-0.15, -0.1) is 11.3 Å². The molecule has 0 radical (unpaired) electrons. The summed E-state index contributed by atoms with van der Waals surface area (Å²) in [7, 11) is 0. The number of hydrogen-bond donors (Lipinski definition) is 1. The summed E-state index contributed by atoms with van der Waals surface area (Å²) in [4.78, 5) is 1.35. The number of thiophene rings is 1.